The van der Waals surface area contributed by atoms with Gasteiger partial charge in [-0.1, -0.05) is 48.6 Å². The minimum absolute atomic E-state index is 0.0699. The summed E-state index contributed by atoms with van der Waals surface area (Å²) in [7, 11) is 0. The van der Waals surface area contributed by atoms with E-state index in [0.717, 1.165) is 24.0 Å². The van der Waals surface area contributed by atoms with Crippen LogP contribution in [0.4, 0.5) is 0 Å². The largest absolute Gasteiger partial charge is 0.294 e. The molecule has 1 saturated carbocycles. The Morgan fingerprint density at radius 3 is 1.69 bits per heavy atom. The Labute approximate surface area is 151 Å². The Hall–Kier alpha value is -2.48. The van der Waals surface area contributed by atoms with Crippen molar-refractivity contribution in [2.75, 3.05) is 0 Å². The van der Waals surface area contributed by atoms with Gasteiger partial charge >= 0.3 is 0 Å². The van der Waals surface area contributed by atoms with Gasteiger partial charge in [0.05, 0.1) is 0 Å². The van der Waals surface area contributed by atoms with Crippen LogP contribution in [0.5, 0.6) is 0 Å². The van der Waals surface area contributed by atoms with E-state index < -0.39 is 0 Å². The molecule has 126 valence electrons. The molecule has 0 amide bonds. The maximum Gasteiger partial charge on any atom is 0.164 e. The highest BCUT2D eigenvalue weighted by molar-refractivity contribution is 6.18. The Morgan fingerprint density at radius 2 is 1.19 bits per heavy atom. The molecule has 0 unspecified atom stereocenters. The molecular weight excluding hydrogens is 320 g/mol. The molecule has 0 N–H and O–H groups in total. The molecule has 2 heteroatoms. The second-order valence-electron chi connectivity index (χ2n) is 8.72. The lowest BCUT2D eigenvalue weighted by Gasteiger charge is -2.35. The fourth-order valence-electron chi connectivity index (χ4n) is 6.80. The maximum absolute atomic E-state index is 13.4. The first-order valence-electron chi connectivity index (χ1n) is 9.76. The zero-order chi connectivity index (χ0) is 17.2. The van der Waals surface area contributed by atoms with Gasteiger partial charge in [0.25, 0.3) is 0 Å². The maximum atomic E-state index is 13.4. The molecule has 0 aliphatic heterocycles. The molecule has 6 atom stereocenters. The summed E-state index contributed by atoms with van der Waals surface area (Å²) in [5.74, 6) is 1.35. The van der Waals surface area contributed by atoms with E-state index in [0.29, 0.717) is 23.4 Å². The van der Waals surface area contributed by atoms with Gasteiger partial charge in [0.15, 0.2) is 11.6 Å². The van der Waals surface area contributed by atoms with Crippen molar-refractivity contribution in [2.24, 2.45) is 23.7 Å². The first kappa shape index (κ1) is 13.7. The third kappa shape index (κ3) is 1.36. The average molecular weight is 338 g/mol. The van der Waals surface area contributed by atoms with E-state index in [9.17, 15) is 9.59 Å². The average Bonchev–Trinajstić information content (AvgIpc) is 3.42. The molecule has 0 saturated heterocycles. The van der Waals surface area contributed by atoms with Crippen LogP contribution in [0.2, 0.25) is 0 Å². The fraction of sp³-hybridized carbons (Fsp3) is 0.333. The zero-order valence-corrected chi connectivity index (χ0v) is 14.3. The SMILES string of the molecule is O=C1C2=C(C(=O)[C@H]3[C@@H]1[C@H]1C=C[C@@H]3C1)[C@@H]1C[C@H]2c2cc3ccccc3cc21. The van der Waals surface area contributed by atoms with Crippen molar-refractivity contribution in [1.82, 2.24) is 0 Å². The summed E-state index contributed by atoms with van der Waals surface area (Å²) in [4.78, 5) is 26.9. The second-order valence-corrected chi connectivity index (χ2v) is 8.72. The quantitative estimate of drug-likeness (QED) is 0.671. The molecule has 4 bridgehead atoms. The molecular formula is C24H18O2. The van der Waals surface area contributed by atoms with E-state index >= 15 is 0 Å². The molecule has 1 fully saturated rings. The van der Waals surface area contributed by atoms with E-state index in [1.807, 2.05) is 0 Å². The predicted molar refractivity (Wildman–Crippen MR) is 98.8 cm³/mol. The molecule has 0 spiro atoms. The molecule has 2 nitrogen and oxygen atoms in total. The summed E-state index contributed by atoms with van der Waals surface area (Å²) in [5, 5.41) is 2.47. The number of fused-ring (bicyclic) bond motifs is 13. The number of benzene rings is 2. The van der Waals surface area contributed by atoms with Crippen molar-refractivity contribution < 1.29 is 9.59 Å². The summed E-state index contributed by atoms with van der Waals surface area (Å²) in [6.45, 7) is 0. The van der Waals surface area contributed by atoms with Crippen LogP contribution in [0.15, 0.2) is 59.7 Å². The highest BCUT2D eigenvalue weighted by Crippen LogP contribution is 2.63. The molecule has 0 aromatic heterocycles. The van der Waals surface area contributed by atoms with Crippen molar-refractivity contribution in [1.29, 1.82) is 0 Å². The van der Waals surface area contributed by atoms with Crippen LogP contribution in [0.1, 0.15) is 35.8 Å². The van der Waals surface area contributed by atoms with Crippen LogP contribution < -0.4 is 0 Å². The number of carbonyl (C=O) groups is 2. The number of carbonyl (C=O) groups excluding carboxylic acids is 2. The van der Waals surface area contributed by atoms with Gasteiger partial charge in [-0.2, -0.15) is 0 Å². The Morgan fingerprint density at radius 1 is 0.692 bits per heavy atom. The fourth-order valence-corrected chi connectivity index (χ4v) is 6.80. The third-order valence-electron chi connectivity index (χ3n) is 7.76. The van der Waals surface area contributed by atoms with Crippen molar-refractivity contribution in [2.45, 2.75) is 24.7 Å². The molecule has 26 heavy (non-hydrogen) atoms. The highest BCUT2D eigenvalue weighted by Gasteiger charge is 2.60. The van der Waals surface area contributed by atoms with Crippen molar-refractivity contribution in [3.05, 3.63) is 70.8 Å². The lowest BCUT2D eigenvalue weighted by atomic mass is 9.65. The van der Waals surface area contributed by atoms with Crippen LogP contribution in [-0.2, 0) is 9.59 Å². The summed E-state index contributed by atoms with van der Waals surface area (Å²) in [5.41, 5.74) is 4.38. The lowest BCUT2D eigenvalue weighted by Crippen LogP contribution is -2.41. The van der Waals surface area contributed by atoms with E-state index in [-0.39, 0.29) is 23.7 Å². The first-order valence-corrected chi connectivity index (χ1v) is 9.76. The van der Waals surface area contributed by atoms with Crippen LogP contribution in [-0.4, -0.2) is 11.6 Å². The normalized spacial score (nSPS) is 38.3. The number of ketones is 2. The predicted octanol–water partition coefficient (Wildman–Crippen LogP) is 4.31. The van der Waals surface area contributed by atoms with Gasteiger partial charge in [-0.05, 0) is 46.6 Å². The van der Waals surface area contributed by atoms with Gasteiger partial charge < -0.3 is 0 Å². The van der Waals surface area contributed by atoms with Crippen LogP contribution in [0.3, 0.4) is 0 Å². The smallest absolute Gasteiger partial charge is 0.164 e. The standard InChI is InChI=1S/C24H18O2/c25-23-19-13-5-6-14(7-13)20(19)24(26)22-18-10-17(21(22)23)15-8-11-3-1-2-4-12(11)9-16(15)18/h1-6,8-9,13-14,17-20H,7,10H2/t13-,14+,17-,18+,19-,20+. The van der Waals surface area contributed by atoms with E-state index in [2.05, 4.69) is 48.6 Å². The van der Waals surface area contributed by atoms with Gasteiger partial charge in [-0.25, -0.2) is 0 Å². The number of rotatable bonds is 0. The van der Waals surface area contributed by atoms with Crippen LogP contribution >= 0.6 is 0 Å². The summed E-state index contributed by atoms with van der Waals surface area (Å²) in [6.07, 6.45) is 6.31. The minimum Gasteiger partial charge on any atom is -0.294 e. The monoisotopic (exact) mass is 338 g/mol. The molecule has 0 heterocycles. The van der Waals surface area contributed by atoms with E-state index in [1.54, 1.807) is 0 Å². The minimum atomic E-state index is -0.0699. The van der Waals surface area contributed by atoms with Gasteiger partial charge in [0, 0.05) is 34.8 Å². The van der Waals surface area contributed by atoms with Crippen LogP contribution in [0, 0.1) is 23.7 Å². The zero-order valence-electron chi connectivity index (χ0n) is 14.3. The number of Topliss-reactive ketones (excluding diaryl/α,β-unsaturated/α-hetero) is 2. The number of hydrogen-bond acceptors (Lipinski definition) is 2. The molecule has 0 radical (unpaired) electrons. The molecule has 5 aliphatic rings. The number of hydrogen-bond donors (Lipinski definition) is 0. The van der Waals surface area contributed by atoms with Gasteiger partial charge in [0.2, 0.25) is 0 Å². The molecule has 5 aliphatic carbocycles. The Kier molecular flexibility index (Phi) is 2.24. The van der Waals surface area contributed by atoms with Crippen molar-refractivity contribution >= 4 is 22.3 Å². The van der Waals surface area contributed by atoms with Gasteiger partial charge in [-0.3, -0.25) is 9.59 Å². The molecule has 7 rings (SSSR count). The van der Waals surface area contributed by atoms with E-state index in [4.69, 9.17) is 0 Å². The lowest BCUT2D eigenvalue weighted by molar-refractivity contribution is -0.131. The Bertz CT molecular complexity index is 1030. The number of allylic oxidation sites excluding steroid dienone is 4. The highest BCUT2D eigenvalue weighted by atomic mass is 16.1. The molecule has 2 aromatic carbocycles. The van der Waals surface area contributed by atoms with Crippen molar-refractivity contribution in [3.63, 3.8) is 0 Å². The summed E-state index contributed by atoms with van der Waals surface area (Å²) >= 11 is 0. The van der Waals surface area contributed by atoms with Crippen LogP contribution in [0.25, 0.3) is 10.8 Å². The Balaban J connectivity index is 1.44. The van der Waals surface area contributed by atoms with E-state index in [1.165, 1.54) is 21.9 Å². The van der Waals surface area contributed by atoms with Gasteiger partial charge in [-0.15, -0.1) is 0 Å². The van der Waals surface area contributed by atoms with Gasteiger partial charge in [0.1, 0.15) is 0 Å². The topological polar surface area (TPSA) is 34.1 Å². The first-order chi connectivity index (χ1) is 12.7. The second kappa shape index (κ2) is 4.25. The molecule has 2 aromatic rings. The summed E-state index contributed by atoms with van der Waals surface area (Å²) in [6, 6.07) is 12.9. The summed E-state index contributed by atoms with van der Waals surface area (Å²) < 4.78 is 0. The third-order valence-corrected chi connectivity index (χ3v) is 7.76. The van der Waals surface area contributed by atoms with Crippen molar-refractivity contribution in [3.8, 4) is 0 Å².